The minimum atomic E-state index is -0.0647. The Morgan fingerprint density at radius 2 is 1.88 bits per heavy atom. The summed E-state index contributed by atoms with van der Waals surface area (Å²) < 4.78 is 2.08. The van der Waals surface area contributed by atoms with Crippen molar-refractivity contribution in [3.8, 4) is 11.4 Å². The topological polar surface area (TPSA) is 63.9 Å². The van der Waals surface area contributed by atoms with Gasteiger partial charge in [-0.1, -0.05) is 29.4 Å². The van der Waals surface area contributed by atoms with E-state index in [1.54, 1.807) is 23.6 Å². The molecule has 0 radical (unpaired) electrons. The molecule has 0 atom stereocenters. The largest absolute Gasteiger partial charge is 0.302 e. The molecular formula is C24H24ClN5OS2. The Bertz CT molecular complexity index is 1280. The molecule has 2 aromatic heterocycles. The Labute approximate surface area is 206 Å². The number of aryl methyl sites for hydroxylation is 2. The van der Waals surface area contributed by atoms with Crippen LogP contribution in [0, 0.1) is 13.8 Å². The standard InChI is InChI=1S/C24H24ClN5OS2/c1-5-29-22(18-7-9-19(25)10-8-18)27-28-24(29)33-14-20-13-32-23(26-20)30(17(4)31)21-11-6-15(2)16(3)12-21/h6-13H,5,14H2,1-4H3. The molecule has 0 saturated heterocycles. The maximum absolute atomic E-state index is 12.4. The second-order valence-corrected chi connectivity index (χ2v) is 9.81. The lowest BCUT2D eigenvalue weighted by Gasteiger charge is -2.19. The van der Waals surface area contributed by atoms with Crippen LogP contribution in [0.1, 0.15) is 30.7 Å². The summed E-state index contributed by atoms with van der Waals surface area (Å²) in [6, 6.07) is 13.6. The highest BCUT2D eigenvalue weighted by Crippen LogP contribution is 2.32. The van der Waals surface area contributed by atoms with Gasteiger partial charge < -0.3 is 4.57 Å². The first-order chi connectivity index (χ1) is 15.9. The van der Waals surface area contributed by atoms with Gasteiger partial charge in [-0.3, -0.25) is 9.69 Å². The van der Waals surface area contributed by atoms with Crippen LogP contribution in [0.15, 0.2) is 53.0 Å². The highest BCUT2D eigenvalue weighted by atomic mass is 35.5. The number of amides is 1. The van der Waals surface area contributed by atoms with Crippen LogP contribution in [0.2, 0.25) is 5.02 Å². The third-order valence-corrected chi connectivity index (χ3v) is 7.41. The molecule has 0 spiro atoms. The Kier molecular flexibility index (Phi) is 7.17. The normalized spacial score (nSPS) is 11.1. The quantitative estimate of drug-likeness (QED) is 0.267. The van der Waals surface area contributed by atoms with Gasteiger partial charge in [-0.15, -0.1) is 21.5 Å². The smallest absolute Gasteiger partial charge is 0.230 e. The molecule has 0 fully saturated rings. The number of carbonyl (C=O) groups is 1. The number of carbonyl (C=O) groups excluding carboxylic acids is 1. The summed E-state index contributed by atoms with van der Waals surface area (Å²) in [6.45, 7) is 8.49. The van der Waals surface area contributed by atoms with E-state index in [1.165, 1.54) is 16.9 Å². The number of halogens is 1. The van der Waals surface area contributed by atoms with Crippen LogP contribution in [0.4, 0.5) is 10.8 Å². The molecule has 0 N–H and O–H groups in total. The minimum absolute atomic E-state index is 0.0647. The van der Waals surface area contributed by atoms with E-state index in [1.807, 2.05) is 54.8 Å². The number of thioether (sulfide) groups is 1. The molecule has 0 aliphatic carbocycles. The van der Waals surface area contributed by atoms with E-state index in [9.17, 15) is 4.79 Å². The molecule has 9 heteroatoms. The second kappa shape index (κ2) is 10.1. The molecule has 4 rings (SSSR count). The summed E-state index contributed by atoms with van der Waals surface area (Å²) in [6.07, 6.45) is 0. The molecule has 0 bridgehead atoms. The molecule has 1 amide bonds. The van der Waals surface area contributed by atoms with E-state index in [0.717, 1.165) is 40.0 Å². The van der Waals surface area contributed by atoms with Gasteiger partial charge in [-0.2, -0.15) is 0 Å². The van der Waals surface area contributed by atoms with Gasteiger partial charge in [0.05, 0.1) is 11.4 Å². The Morgan fingerprint density at radius 1 is 1.12 bits per heavy atom. The Morgan fingerprint density at radius 3 is 2.55 bits per heavy atom. The lowest BCUT2D eigenvalue weighted by Crippen LogP contribution is -2.22. The third kappa shape index (κ3) is 5.13. The van der Waals surface area contributed by atoms with Gasteiger partial charge in [0.15, 0.2) is 16.1 Å². The third-order valence-electron chi connectivity index (χ3n) is 5.28. The summed E-state index contributed by atoms with van der Waals surface area (Å²) in [5.74, 6) is 1.38. The van der Waals surface area contributed by atoms with Crippen molar-refractivity contribution in [2.24, 2.45) is 0 Å². The van der Waals surface area contributed by atoms with Gasteiger partial charge in [0, 0.05) is 35.2 Å². The molecule has 33 heavy (non-hydrogen) atoms. The average Bonchev–Trinajstić information content (AvgIpc) is 3.42. The van der Waals surface area contributed by atoms with Gasteiger partial charge in [-0.25, -0.2) is 4.98 Å². The maximum atomic E-state index is 12.4. The van der Waals surface area contributed by atoms with Crippen LogP contribution < -0.4 is 4.90 Å². The summed E-state index contributed by atoms with van der Waals surface area (Å²) in [4.78, 5) is 18.8. The van der Waals surface area contributed by atoms with Crippen molar-refractivity contribution in [2.45, 2.75) is 45.1 Å². The van der Waals surface area contributed by atoms with Crippen LogP contribution in [-0.4, -0.2) is 25.7 Å². The number of aromatic nitrogens is 4. The zero-order chi connectivity index (χ0) is 23.5. The van der Waals surface area contributed by atoms with Crippen LogP contribution in [0.25, 0.3) is 11.4 Å². The van der Waals surface area contributed by atoms with Gasteiger partial charge in [0.1, 0.15) is 0 Å². The fraction of sp³-hybridized carbons (Fsp3) is 0.250. The molecule has 2 heterocycles. The first-order valence-corrected chi connectivity index (χ1v) is 12.8. The van der Waals surface area contributed by atoms with E-state index >= 15 is 0 Å². The monoisotopic (exact) mass is 497 g/mol. The van der Waals surface area contributed by atoms with Crippen molar-refractivity contribution in [2.75, 3.05) is 4.90 Å². The lowest BCUT2D eigenvalue weighted by molar-refractivity contribution is -0.115. The van der Waals surface area contributed by atoms with Gasteiger partial charge >= 0.3 is 0 Å². The number of rotatable bonds is 7. The fourth-order valence-electron chi connectivity index (χ4n) is 3.39. The first-order valence-electron chi connectivity index (χ1n) is 10.5. The van der Waals surface area contributed by atoms with Gasteiger partial charge in [0.2, 0.25) is 5.91 Å². The van der Waals surface area contributed by atoms with E-state index in [-0.39, 0.29) is 5.91 Å². The van der Waals surface area contributed by atoms with Gasteiger partial charge in [0.25, 0.3) is 0 Å². The summed E-state index contributed by atoms with van der Waals surface area (Å²) in [7, 11) is 0. The minimum Gasteiger partial charge on any atom is -0.302 e. The summed E-state index contributed by atoms with van der Waals surface area (Å²) in [5, 5.41) is 13.0. The molecular weight excluding hydrogens is 474 g/mol. The number of anilines is 2. The number of benzene rings is 2. The zero-order valence-corrected chi connectivity index (χ0v) is 21.3. The van der Waals surface area contributed by atoms with Crippen LogP contribution >= 0.6 is 34.7 Å². The lowest BCUT2D eigenvalue weighted by atomic mass is 10.1. The first kappa shape index (κ1) is 23.5. The van der Waals surface area contributed by atoms with Gasteiger partial charge in [-0.05, 0) is 68.3 Å². The Hall–Kier alpha value is -2.68. The van der Waals surface area contributed by atoms with Crippen LogP contribution in [0.5, 0.6) is 0 Å². The summed E-state index contributed by atoms with van der Waals surface area (Å²) in [5.41, 5.74) is 5.03. The molecule has 170 valence electrons. The van der Waals surface area contributed by atoms with Crippen LogP contribution in [0.3, 0.4) is 0 Å². The molecule has 0 unspecified atom stereocenters. The SMILES string of the molecule is CCn1c(SCc2csc(N(C(C)=O)c3ccc(C)c(C)c3)n2)nnc1-c1ccc(Cl)cc1. The molecule has 6 nitrogen and oxygen atoms in total. The molecule has 0 aliphatic rings. The molecule has 0 saturated carbocycles. The predicted molar refractivity (Wildman–Crippen MR) is 137 cm³/mol. The highest BCUT2D eigenvalue weighted by Gasteiger charge is 2.19. The molecule has 4 aromatic rings. The summed E-state index contributed by atoms with van der Waals surface area (Å²) >= 11 is 9.06. The maximum Gasteiger partial charge on any atom is 0.230 e. The molecule has 2 aromatic carbocycles. The second-order valence-electron chi connectivity index (χ2n) is 7.59. The van der Waals surface area contributed by atoms with Crippen molar-refractivity contribution >= 4 is 51.4 Å². The Balaban J connectivity index is 1.52. The molecule has 0 aliphatic heterocycles. The number of nitrogens with zero attached hydrogens (tertiary/aromatic N) is 5. The average molecular weight is 498 g/mol. The highest BCUT2D eigenvalue weighted by molar-refractivity contribution is 7.98. The van der Waals surface area contributed by atoms with Crippen molar-refractivity contribution in [1.29, 1.82) is 0 Å². The van der Waals surface area contributed by atoms with Crippen molar-refractivity contribution in [3.63, 3.8) is 0 Å². The number of hydrogen-bond donors (Lipinski definition) is 0. The van der Waals surface area contributed by atoms with Crippen molar-refractivity contribution in [1.82, 2.24) is 19.7 Å². The van der Waals surface area contributed by atoms with Crippen molar-refractivity contribution < 1.29 is 4.79 Å². The van der Waals surface area contributed by atoms with Crippen molar-refractivity contribution in [3.05, 3.63) is 69.7 Å². The van der Waals surface area contributed by atoms with E-state index in [0.29, 0.717) is 15.9 Å². The van der Waals surface area contributed by atoms with E-state index in [2.05, 4.69) is 28.6 Å². The predicted octanol–water partition coefficient (Wildman–Crippen LogP) is 6.67. The van der Waals surface area contributed by atoms with E-state index in [4.69, 9.17) is 16.6 Å². The number of thiazole rings is 1. The zero-order valence-electron chi connectivity index (χ0n) is 18.9. The fourth-order valence-corrected chi connectivity index (χ4v) is 5.40. The van der Waals surface area contributed by atoms with E-state index < -0.39 is 0 Å². The van der Waals surface area contributed by atoms with Crippen LogP contribution in [-0.2, 0) is 17.1 Å². The number of hydrogen-bond acceptors (Lipinski definition) is 6.